The Hall–Kier alpha value is -1.51. The topological polar surface area (TPSA) is 49.4 Å². The number of carbonyl (C=O) groups excluding carboxylic acids is 1. The molecule has 1 aromatic rings. The fourth-order valence-corrected chi connectivity index (χ4v) is 2.18. The van der Waals surface area contributed by atoms with Gasteiger partial charge in [-0.05, 0) is 18.6 Å². The fraction of sp³-hybridized carbons (Fsp3) is 0.588. The molecule has 3 heteroatoms. The number of benzene rings is 1. The minimum absolute atomic E-state index is 0.132. The van der Waals surface area contributed by atoms with Crippen LogP contribution in [0.2, 0.25) is 0 Å². The maximum Gasteiger partial charge on any atom is 0.128 e. The molecule has 0 radical (unpaired) electrons. The highest BCUT2D eigenvalue weighted by Crippen LogP contribution is 2.17. The van der Waals surface area contributed by atoms with Crippen LogP contribution in [0.3, 0.4) is 0 Å². The maximum atomic E-state index is 10.9. The van der Waals surface area contributed by atoms with Gasteiger partial charge < -0.3 is 14.6 Å². The van der Waals surface area contributed by atoms with Gasteiger partial charge in [-0.15, -0.1) is 0 Å². The van der Waals surface area contributed by atoms with E-state index in [2.05, 4.69) is 6.92 Å². The third-order valence-corrected chi connectivity index (χ3v) is 3.36. The molecule has 0 aromatic heterocycles. The Bertz CT molecular complexity index is 388. The number of ether oxygens (including phenoxy) is 1. The van der Waals surface area contributed by atoms with Crippen LogP contribution in [0.15, 0.2) is 24.3 Å². The van der Waals surface area contributed by atoms with Gasteiger partial charge in [-0.2, -0.15) is 0 Å². The molecule has 0 spiro atoms. The SMILES string of the molecule is CCCCCCCCCCOc1ccccc1C(=O)[O-]. The summed E-state index contributed by atoms with van der Waals surface area (Å²) in [6.07, 6.45) is 9.91. The zero-order valence-electron chi connectivity index (χ0n) is 12.4. The summed E-state index contributed by atoms with van der Waals surface area (Å²) in [5, 5.41) is 10.9. The fourth-order valence-electron chi connectivity index (χ4n) is 2.18. The molecule has 0 saturated heterocycles. The summed E-state index contributed by atoms with van der Waals surface area (Å²) in [4.78, 5) is 10.9. The molecule has 0 atom stereocenters. The van der Waals surface area contributed by atoms with E-state index in [0.29, 0.717) is 12.4 Å². The number of unbranched alkanes of at least 4 members (excludes halogenated alkanes) is 7. The van der Waals surface area contributed by atoms with Crippen molar-refractivity contribution < 1.29 is 14.6 Å². The highest BCUT2D eigenvalue weighted by molar-refractivity contribution is 5.89. The minimum atomic E-state index is -1.18. The van der Waals surface area contributed by atoms with Gasteiger partial charge in [-0.25, -0.2) is 0 Å². The molecule has 0 heterocycles. The standard InChI is InChI=1S/C17H26O3/c1-2-3-4-5-6-7-8-11-14-20-16-13-10-9-12-15(16)17(18)19/h9-10,12-13H,2-8,11,14H2,1H3,(H,18,19)/p-1. The van der Waals surface area contributed by atoms with Gasteiger partial charge in [0.2, 0.25) is 0 Å². The van der Waals surface area contributed by atoms with E-state index in [-0.39, 0.29) is 5.56 Å². The predicted molar refractivity (Wildman–Crippen MR) is 78.9 cm³/mol. The molecule has 1 aromatic carbocycles. The van der Waals surface area contributed by atoms with Crippen LogP contribution in [0.5, 0.6) is 5.75 Å². The van der Waals surface area contributed by atoms with Crippen molar-refractivity contribution >= 4 is 5.97 Å². The zero-order chi connectivity index (χ0) is 14.6. The number of carboxylic acids is 1. The van der Waals surface area contributed by atoms with Crippen LogP contribution >= 0.6 is 0 Å². The van der Waals surface area contributed by atoms with Crippen LogP contribution in [0.1, 0.15) is 68.6 Å². The monoisotopic (exact) mass is 277 g/mol. The third-order valence-electron chi connectivity index (χ3n) is 3.36. The second kappa shape index (κ2) is 10.3. The number of hydrogen-bond donors (Lipinski definition) is 0. The molecule has 3 nitrogen and oxygen atoms in total. The summed E-state index contributed by atoms with van der Waals surface area (Å²) in [7, 11) is 0. The summed E-state index contributed by atoms with van der Waals surface area (Å²) in [5.74, 6) is -0.771. The second-order valence-corrected chi connectivity index (χ2v) is 5.11. The van der Waals surface area contributed by atoms with Gasteiger partial charge in [0.25, 0.3) is 0 Å². The summed E-state index contributed by atoms with van der Waals surface area (Å²) in [6.45, 7) is 2.79. The molecule has 0 saturated carbocycles. The molecule has 0 aliphatic heterocycles. The number of carboxylic acid groups (broad SMARTS) is 1. The first-order valence-electron chi connectivity index (χ1n) is 7.69. The van der Waals surface area contributed by atoms with Gasteiger partial charge in [0, 0.05) is 5.56 Å². The van der Waals surface area contributed by atoms with Crippen molar-refractivity contribution in [2.45, 2.75) is 58.3 Å². The Morgan fingerprint density at radius 3 is 2.25 bits per heavy atom. The third kappa shape index (κ3) is 6.60. The first-order valence-corrected chi connectivity index (χ1v) is 7.69. The number of carbonyl (C=O) groups is 1. The first kappa shape index (κ1) is 16.5. The van der Waals surface area contributed by atoms with Crippen molar-refractivity contribution in [2.75, 3.05) is 6.61 Å². The smallest absolute Gasteiger partial charge is 0.128 e. The maximum absolute atomic E-state index is 10.9. The van der Waals surface area contributed by atoms with Crippen molar-refractivity contribution in [1.82, 2.24) is 0 Å². The molecular formula is C17H25O3-. The number of para-hydroxylation sites is 1. The average Bonchev–Trinajstić information content (AvgIpc) is 2.46. The van der Waals surface area contributed by atoms with Gasteiger partial charge >= 0.3 is 0 Å². The molecule has 0 amide bonds. The van der Waals surface area contributed by atoms with E-state index in [0.717, 1.165) is 12.8 Å². The van der Waals surface area contributed by atoms with Crippen molar-refractivity contribution in [2.24, 2.45) is 0 Å². The first-order chi connectivity index (χ1) is 9.75. The van der Waals surface area contributed by atoms with Crippen LogP contribution in [0.25, 0.3) is 0 Å². The molecular weight excluding hydrogens is 252 g/mol. The zero-order valence-corrected chi connectivity index (χ0v) is 12.4. The molecule has 1 rings (SSSR count). The number of hydrogen-bond acceptors (Lipinski definition) is 3. The number of aromatic carboxylic acids is 1. The minimum Gasteiger partial charge on any atom is -0.545 e. The van der Waals surface area contributed by atoms with Crippen molar-refractivity contribution in [3.05, 3.63) is 29.8 Å². The van der Waals surface area contributed by atoms with E-state index in [1.807, 2.05) is 0 Å². The largest absolute Gasteiger partial charge is 0.545 e. The summed E-state index contributed by atoms with van der Waals surface area (Å²) >= 11 is 0. The van der Waals surface area contributed by atoms with E-state index in [1.54, 1.807) is 18.2 Å². The molecule has 0 aliphatic rings. The highest BCUT2D eigenvalue weighted by Gasteiger charge is 2.03. The lowest BCUT2D eigenvalue weighted by atomic mass is 10.1. The summed E-state index contributed by atoms with van der Waals surface area (Å²) in [6, 6.07) is 6.64. The Morgan fingerprint density at radius 2 is 1.60 bits per heavy atom. The molecule has 20 heavy (non-hydrogen) atoms. The molecule has 0 N–H and O–H groups in total. The van der Waals surface area contributed by atoms with Crippen molar-refractivity contribution in [3.63, 3.8) is 0 Å². The second-order valence-electron chi connectivity index (χ2n) is 5.11. The van der Waals surface area contributed by atoms with E-state index in [4.69, 9.17) is 4.74 Å². The lowest BCUT2D eigenvalue weighted by Crippen LogP contribution is -2.23. The van der Waals surface area contributed by atoms with Crippen LogP contribution in [-0.2, 0) is 0 Å². The van der Waals surface area contributed by atoms with Crippen LogP contribution in [0.4, 0.5) is 0 Å². The average molecular weight is 277 g/mol. The van der Waals surface area contributed by atoms with E-state index < -0.39 is 5.97 Å². The van der Waals surface area contributed by atoms with E-state index >= 15 is 0 Å². The summed E-state index contributed by atoms with van der Waals surface area (Å²) < 4.78 is 5.52. The van der Waals surface area contributed by atoms with Crippen LogP contribution in [-0.4, -0.2) is 12.6 Å². The lowest BCUT2D eigenvalue weighted by molar-refractivity contribution is -0.255. The quantitative estimate of drug-likeness (QED) is 0.581. The van der Waals surface area contributed by atoms with Gasteiger partial charge in [-0.1, -0.05) is 64.0 Å². The molecule has 0 fully saturated rings. The van der Waals surface area contributed by atoms with Gasteiger partial charge in [0.15, 0.2) is 0 Å². The van der Waals surface area contributed by atoms with Crippen molar-refractivity contribution in [3.8, 4) is 5.75 Å². The van der Waals surface area contributed by atoms with Gasteiger partial charge in [-0.3, -0.25) is 0 Å². The van der Waals surface area contributed by atoms with E-state index in [9.17, 15) is 9.90 Å². The molecule has 0 aliphatic carbocycles. The molecule has 112 valence electrons. The predicted octanol–water partition coefficient (Wildman–Crippen LogP) is 3.57. The number of rotatable bonds is 11. The van der Waals surface area contributed by atoms with Crippen LogP contribution < -0.4 is 9.84 Å². The van der Waals surface area contributed by atoms with Crippen LogP contribution in [0, 0.1) is 0 Å². The lowest BCUT2D eigenvalue weighted by Gasteiger charge is -2.11. The van der Waals surface area contributed by atoms with Gasteiger partial charge in [0.1, 0.15) is 5.75 Å². The Balaban J connectivity index is 2.11. The highest BCUT2D eigenvalue weighted by atomic mass is 16.5. The molecule has 0 bridgehead atoms. The van der Waals surface area contributed by atoms with Crippen molar-refractivity contribution in [1.29, 1.82) is 0 Å². The molecule has 0 unspecified atom stereocenters. The summed E-state index contributed by atoms with van der Waals surface area (Å²) in [5.41, 5.74) is 0.132. The Morgan fingerprint density at radius 1 is 1.00 bits per heavy atom. The Labute approximate surface area is 122 Å². The van der Waals surface area contributed by atoms with Gasteiger partial charge in [0.05, 0.1) is 12.6 Å². The van der Waals surface area contributed by atoms with E-state index in [1.165, 1.54) is 44.6 Å². The Kier molecular flexibility index (Phi) is 8.52. The normalized spacial score (nSPS) is 10.4.